The summed E-state index contributed by atoms with van der Waals surface area (Å²) in [5, 5.41) is 9.83. The van der Waals surface area contributed by atoms with Crippen LogP contribution in [0.1, 0.15) is 11.4 Å². The van der Waals surface area contributed by atoms with Crippen LogP contribution in [-0.2, 0) is 11.2 Å². The van der Waals surface area contributed by atoms with E-state index >= 15 is 0 Å². The number of aromatic nitrogens is 2. The van der Waals surface area contributed by atoms with Gasteiger partial charge in [-0.2, -0.15) is 0 Å². The minimum atomic E-state index is -0.879. The maximum Gasteiger partial charge on any atom is 0.309 e. The first kappa shape index (κ1) is 13.6. The van der Waals surface area contributed by atoms with Crippen LogP contribution in [-0.4, -0.2) is 20.5 Å². The number of carbonyl (C=O) groups is 1. The van der Waals surface area contributed by atoms with Crippen LogP contribution in [0.15, 0.2) is 42.5 Å². The highest BCUT2D eigenvalue weighted by atomic mass is 35.5. The van der Waals surface area contributed by atoms with Crippen molar-refractivity contribution >= 4 is 23.2 Å². The van der Waals surface area contributed by atoms with E-state index in [1.807, 2.05) is 41.7 Å². The lowest BCUT2D eigenvalue weighted by Gasteiger charge is -2.05. The normalized spacial score (nSPS) is 11.0. The Bertz CT molecular complexity index is 822. The molecular weight excluding hydrogens is 288 g/mol. The highest BCUT2D eigenvalue weighted by Crippen LogP contribution is 2.27. The SMILES string of the molecule is Cc1cccc2nc(-c3ccc(Cl)cc3)c(CC(=O)O)n12. The summed E-state index contributed by atoms with van der Waals surface area (Å²) >= 11 is 5.91. The Morgan fingerprint density at radius 2 is 1.95 bits per heavy atom. The number of imidazole rings is 1. The molecule has 0 atom stereocenters. The number of hydrogen-bond acceptors (Lipinski definition) is 2. The summed E-state index contributed by atoms with van der Waals surface area (Å²) in [6.45, 7) is 1.94. The zero-order chi connectivity index (χ0) is 15.0. The van der Waals surface area contributed by atoms with Gasteiger partial charge >= 0.3 is 5.97 Å². The van der Waals surface area contributed by atoms with Crippen molar-refractivity contribution in [1.29, 1.82) is 0 Å². The molecule has 0 fully saturated rings. The van der Waals surface area contributed by atoms with Crippen LogP contribution in [0.2, 0.25) is 5.02 Å². The van der Waals surface area contributed by atoms with Gasteiger partial charge in [0.1, 0.15) is 5.65 Å². The van der Waals surface area contributed by atoms with E-state index in [2.05, 4.69) is 4.98 Å². The number of aryl methyl sites for hydroxylation is 1. The van der Waals surface area contributed by atoms with Crippen LogP contribution in [0, 0.1) is 6.92 Å². The Hall–Kier alpha value is -2.33. The van der Waals surface area contributed by atoms with E-state index in [0.717, 1.165) is 16.9 Å². The van der Waals surface area contributed by atoms with Crippen molar-refractivity contribution in [2.24, 2.45) is 0 Å². The summed E-state index contributed by atoms with van der Waals surface area (Å²) in [5.74, 6) is -0.879. The summed E-state index contributed by atoms with van der Waals surface area (Å²) in [7, 11) is 0. The number of nitrogens with zero attached hydrogens (tertiary/aromatic N) is 2. The quantitative estimate of drug-likeness (QED) is 0.804. The van der Waals surface area contributed by atoms with Crippen molar-refractivity contribution in [1.82, 2.24) is 9.38 Å². The van der Waals surface area contributed by atoms with Gasteiger partial charge in [-0.25, -0.2) is 4.98 Å². The molecule has 0 radical (unpaired) electrons. The number of carboxylic acids is 1. The number of aliphatic carboxylic acids is 1. The molecular formula is C16H13ClN2O2. The highest BCUT2D eigenvalue weighted by Gasteiger charge is 2.17. The second kappa shape index (κ2) is 5.22. The van der Waals surface area contributed by atoms with Crippen LogP contribution >= 0.6 is 11.6 Å². The number of pyridine rings is 1. The lowest BCUT2D eigenvalue weighted by atomic mass is 10.1. The van der Waals surface area contributed by atoms with Gasteiger partial charge in [0.2, 0.25) is 0 Å². The molecule has 2 aromatic heterocycles. The molecule has 3 rings (SSSR count). The van der Waals surface area contributed by atoms with E-state index in [9.17, 15) is 9.90 Å². The van der Waals surface area contributed by atoms with Gasteiger partial charge in [0.15, 0.2) is 0 Å². The van der Waals surface area contributed by atoms with Crippen LogP contribution in [0.5, 0.6) is 0 Å². The van der Waals surface area contributed by atoms with Gasteiger partial charge in [0.25, 0.3) is 0 Å². The van der Waals surface area contributed by atoms with Crippen molar-refractivity contribution in [3.63, 3.8) is 0 Å². The summed E-state index contributed by atoms with van der Waals surface area (Å²) in [6, 6.07) is 13.0. The Morgan fingerprint density at radius 3 is 2.62 bits per heavy atom. The molecule has 0 saturated heterocycles. The lowest BCUT2D eigenvalue weighted by Crippen LogP contribution is -2.06. The average Bonchev–Trinajstić information content (AvgIpc) is 2.79. The van der Waals surface area contributed by atoms with Gasteiger partial charge in [-0.3, -0.25) is 4.79 Å². The van der Waals surface area contributed by atoms with Gasteiger partial charge in [-0.15, -0.1) is 0 Å². The largest absolute Gasteiger partial charge is 0.481 e. The first-order chi connectivity index (χ1) is 10.1. The molecule has 0 aliphatic carbocycles. The van der Waals surface area contributed by atoms with Gasteiger partial charge in [-0.1, -0.05) is 29.8 Å². The first-order valence-corrected chi connectivity index (χ1v) is 6.89. The lowest BCUT2D eigenvalue weighted by molar-refractivity contribution is -0.136. The van der Waals surface area contributed by atoms with Crippen molar-refractivity contribution in [2.45, 2.75) is 13.3 Å². The molecule has 0 bridgehead atoms. The first-order valence-electron chi connectivity index (χ1n) is 6.51. The fraction of sp³-hybridized carbons (Fsp3) is 0.125. The topological polar surface area (TPSA) is 54.6 Å². The van der Waals surface area contributed by atoms with E-state index in [1.165, 1.54) is 0 Å². The molecule has 0 spiro atoms. The zero-order valence-corrected chi connectivity index (χ0v) is 12.1. The summed E-state index contributed by atoms with van der Waals surface area (Å²) in [4.78, 5) is 15.8. The molecule has 106 valence electrons. The number of benzene rings is 1. The summed E-state index contributed by atoms with van der Waals surface area (Å²) in [6.07, 6.45) is -0.0794. The van der Waals surface area contributed by atoms with Crippen molar-refractivity contribution in [3.8, 4) is 11.3 Å². The fourth-order valence-electron chi connectivity index (χ4n) is 2.47. The van der Waals surface area contributed by atoms with Gasteiger partial charge in [-0.05, 0) is 31.2 Å². The van der Waals surface area contributed by atoms with Crippen molar-refractivity contribution in [3.05, 3.63) is 58.9 Å². The molecule has 21 heavy (non-hydrogen) atoms. The Labute approximate surface area is 126 Å². The standard InChI is InChI=1S/C16H13ClN2O2/c1-10-3-2-4-14-18-16(11-5-7-12(17)8-6-11)13(19(10)14)9-15(20)21/h2-8H,9H2,1H3,(H,20,21). The number of halogens is 1. The molecule has 0 unspecified atom stereocenters. The number of carboxylic acid groups (broad SMARTS) is 1. The van der Waals surface area contributed by atoms with Crippen LogP contribution in [0.4, 0.5) is 0 Å². The molecule has 0 amide bonds. The van der Waals surface area contributed by atoms with Crippen molar-refractivity contribution < 1.29 is 9.90 Å². The Morgan fingerprint density at radius 1 is 1.24 bits per heavy atom. The molecule has 0 aliphatic heterocycles. The predicted octanol–water partition coefficient (Wildman–Crippen LogP) is 3.59. The molecule has 1 N–H and O–H groups in total. The molecule has 1 aromatic carbocycles. The molecule has 5 heteroatoms. The second-order valence-corrected chi connectivity index (χ2v) is 5.28. The molecule has 0 aliphatic rings. The van der Waals surface area contributed by atoms with Crippen molar-refractivity contribution in [2.75, 3.05) is 0 Å². The third kappa shape index (κ3) is 2.50. The number of rotatable bonds is 3. The maximum absolute atomic E-state index is 11.2. The predicted molar refractivity (Wildman–Crippen MR) is 81.7 cm³/mol. The summed E-state index contributed by atoms with van der Waals surface area (Å²) in [5.41, 5.74) is 3.92. The van der Waals surface area contributed by atoms with Gasteiger partial charge in [0, 0.05) is 16.3 Å². The Kier molecular flexibility index (Phi) is 3.39. The third-order valence-corrected chi connectivity index (χ3v) is 3.62. The Balaban J connectivity index is 2.28. The second-order valence-electron chi connectivity index (χ2n) is 4.85. The van der Waals surface area contributed by atoms with E-state index < -0.39 is 5.97 Å². The minimum absolute atomic E-state index is 0.0794. The third-order valence-electron chi connectivity index (χ3n) is 3.37. The average molecular weight is 301 g/mol. The van der Waals surface area contributed by atoms with E-state index in [4.69, 9.17) is 11.6 Å². The van der Waals surface area contributed by atoms with Gasteiger partial charge < -0.3 is 9.51 Å². The molecule has 0 saturated carbocycles. The summed E-state index contributed by atoms with van der Waals surface area (Å²) < 4.78 is 1.89. The minimum Gasteiger partial charge on any atom is -0.481 e. The smallest absolute Gasteiger partial charge is 0.309 e. The monoisotopic (exact) mass is 300 g/mol. The molecule has 3 aromatic rings. The number of fused-ring (bicyclic) bond motifs is 1. The van der Waals surface area contributed by atoms with Gasteiger partial charge in [0.05, 0.1) is 17.8 Å². The highest BCUT2D eigenvalue weighted by molar-refractivity contribution is 6.30. The maximum atomic E-state index is 11.2. The van der Waals surface area contributed by atoms with E-state index in [1.54, 1.807) is 12.1 Å². The van der Waals surface area contributed by atoms with Crippen LogP contribution < -0.4 is 0 Å². The van der Waals surface area contributed by atoms with E-state index in [-0.39, 0.29) is 6.42 Å². The number of hydrogen-bond donors (Lipinski definition) is 1. The fourth-order valence-corrected chi connectivity index (χ4v) is 2.60. The molecule has 2 heterocycles. The zero-order valence-electron chi connectivity index (χ0n) is 11.4. The van der Waals surface area contributed by atoms with E-state index in [0.29, 0.717) is 16.4 Å². The van der Waals surface area contributed by atoms with Crippen LogP contribution in [0.25, 0.3) is 16.9 Å². The molecule has 4 nitrogen and oxygen atoms in total. The van der Waals surface area contributed by atoms with Crippen LogP contribution in [0.3, 0.4) is 0 Å².